The molecule has 1 atom stereocenters. The number of nitrogens with zero attached hydrogens (tertiary/aromatic N) is 3. The van der Waals surface area contributed by atoms with E-state index in [4.69, 9.17) is 16.3 Å². The summed E-state index contributed by atoms with van der Waals surface area (Å²) in [5, 5.41) is 3.29. The number of ether oxygens (including phenoxy) is 1. The van der Waals surface area contributed by atoms with Gasteiger partial charge in [0, 0.05) is 29.9 Å². The molecule has 2 heterocycles. The van der Waals surface area contributed by atoms with Crippen LogP contribution >= 0.6 is 11.6 Å². The van der Waals surface area contributed by atoms with Crippen molar-refractivity contribution in [3.8, 4) is 0 Å². The minimum atomic E-state index is -3.09. The molecule has 1 aromatic heterocycles. The van der Waals surface area contributed by atoms with Gasteiger partial charge in [-0.3, -0.25) is 4.79 Å². The van der Waals surface area contributed by atoms with Crippen molar-refractivity contribution >= 4 is 44.8 Å². The predicted molar refractivity (Wildman–Crippen MR) is 142 cm³/mol. The quantitative estimate of drug-likeness (QED) is 0.513. The highest BCUT2D eigenvalue weighted by atomic mass is 35.5. The van der Waals surface area contributed by atoms with E-state index in [-0.39, 0.29) is 5.91 Å². The van der Waals surface area contributed by atoms with Crippen LogP contribution < -0.4 is 10.2 Å². The number of hydrogen-bond acceptors (Lipinski definition) is 6. The third-order valence-electron chi connectivity index (χ3n) is 6.63. The van der Waals surface area contributed by atoms with E-state index >= 15 is 0 Å². The smallest absolute Gasteiger partial charge is 0.442 e. The summed E-state index contributed by atoms with van der Waals surface area (Å²) in [5.41, 5.74) is 1.23. The number of aromatic nitrogens is 1. The van der Waals surface area contributed by atoms with Crippen LogP contribution in [0.2, 0.25) is 5.02 Å². The number of anilines is 2. The van der Waals surface area contributed by atoms with Gasteiger partial charge in [0.25, 0.3) is 5.91 Å². The fourth-order valence-electron chi connectivity index (χ4n) is 4.33. The Morgan fingerprint density at radius 2 is 1.83 bits per heavy atom. The van der Waals surface area contributed by atoms with Crippen molar-refractivity contribution in [3.63, 3.8) is 0 Å². The van der Waals surface area contributed by atoms with Gasteiger partial charge in [-0.15, -0.1) is 4.36 Å². The van der Waals surface area contributed by atoms with Gasteiger partial charge in [-0.05, 0) is 83.1 Å². The topological polar surface area (TPSA) is 101 Å². The number of pyridine rings is 1. The summed E-state index contributed by atoms with van der Waals surface area (Å²) in [6, 6.07) is 8.14. The van der Waals surface area contributed by atoms with Gasteiger partial charge in [-0.2, -0.15) is 0 Å². The van der Waals surface area contributed by atoms with Gasteiger partial charge in [0.15, 0.2) is 0 Å². The average Bonchev–Trinajstić information content (AvgIpc) is 3.53. The molecule has 4 rings (SSSR count). The van der Waals surface area contributed by atoms with Gasteiger partial charge in [-0.25, -0.2) is 14.0 Å². The molecule has 36 heavy (non-hydrogen) atoms. The van der Waals surface area contributed by atoms with E-state index in [1.807, 2.05) is 6.92 Å². The van der Waals surface area contributed by atoms with Crippen LogP contribution in [0.4, 0.5) is 16.3 Å². The lowest BCUT2D eigenvalue weighted by Gasteiger charge is -2.34. The Bertz CT molecular complexity index is 1310. The molecule has 10 heteroatoms. The second kappa shape index (κ2) is 9.67. The molecule has 1 aliphatic carbocycles. The van der Waals surface area contributed by atoms with Crippen LogP contribution in [0.15, 0.2) is 39.6 Å². The zero-order chi connectivity index (χ0) is 26.3. The van der Waals surface area contributed by atoms with E-state index in [1.165, 1.54) is 19.1 Å². The molecule has 8 nitrogen and oxygen atoms in total. The number of nitrogens with one attached hydrogen (secondary N) is 1. The number of carbonyl (C=O) groups is 2. The molecule has 1 N–H and O–H groups in total. The van der Waals surface area contributed by atoms with Crippen molar-refractivity contribution in [1.82, 2.24) is 4.98 Å². The fraction of sp³-hybridized carbons (Fsp3) is 0.500. The zero-order valence-electron chi connectivity index (χ0n) is 21.4. The molecule has 1 aromatic carbocycles. The first kappa shape index (κ1) is 26.4. The Balaban J connectivity index is 1.57. The van der Waals surface area contributed by atoms with Gasteiger partial charge in [0.1, 0.15) is 11.4 Å². The first-order valence-electron chi connectivity index (χ1n) is 12.1. The molecule has 1 spiro atoms. The summed E-state index contributed by atoms with van der Waals surface area (Å²) in [6.07, 6.45) is 5.25. The summed E-state index contributed by atoms with van der Waals surface area (Å²) in [4.78, 5) is 32.6. The van der Waals surface area contributed by atoms with Crippen molar-refractivity contribution in [1.29, 1.82) is 0 Å². The first-order valence-corrected chi connectivity index (χ1v) is 14.4. The molecule has 1 saturated carbocycles. The summed E-state index contributed by atoms with van der Waals surface area (Å²) >= 11 is 6.35. The van der Waals surface area contributed by atoms with Crippen LogP contribution in [0.5, 0.6) is 0 Å². The number of halogens is 1. The van der Waals surface area contributed by atoms with Crippen LogP contribution in [-0.4, -0.2) is 46.1 Å². The lowest BCUT2D eigenvalue weighted by atomic mass is 9.93. The molecule has 2 fully saturated rings. The third kappa shape index (κ3) is 6.18. The largest absolute Gasteiger partial charge is 0.442 e. The predicted octanol–water partition coefficient (Wildman–Crippen LogP) is 6.07. The maximum Gasteiger partial charge on any atom is 0.442 e. The highest BCUT2D eigenvalue weighted by Crippen LogP contribution is 2.54. The van der Waals surface area contributed by atoms with E-state index in [0.717, 1.165) is 25.9 Å². The monoisotopic (exact) mass is 532 g/mol. The van der Waals surface area contributed by atoms with Crippen LogP contribution in [0.3, 0.4) is 0 Å². The second-order valence-electron chi connectivity index (χ2n) is 10.8. The van der Waals surface area contributed by atoms with E-state index in [0.29, 0.717) is 38.1 Å². The van der Waals surface area contributed by atoms with Crippen molar-refractivity contribution < 1.29 is 18.5 Å². The molecule has 1 saturated heterocycles. The number of carbonyl (C=O) groups excluding carboxylic acids is 2. The number of piperidine rings is 1. The molecular weight excluding hydrogens is 500 g/mol. The van der Waals surface area contributed by atoms with Gasteiger partial charge in [-0.1, -0.05) is 17.7 Å². The second-order valence-corrected chi connectivity index (χ2v) is 13.4. The SMILES string of the molecule is Cc1nc(N2CCC3(CC2)CC3)c(C(=O)Nc2cccc([S@@](C)(=O)=NC(=O)OC(C)(C)C)c2)cc1Cl. The van der Waals surface area contributed by atoms with Gasteiger partial charge in [0.05, 0.1) is 26.0 Å². The molecule has 0 unspecified atom stereocenters. The van der Waals surface area contributed by atoms with Crippen LogP contribution in [0.1, 0.15) is 62.5 Å². The molecule has 2 aliphatic rings. The fourth-order valence-corrected chi connectivity index (χ4v) is 5.58. The highest BCUT2D eigenvalue weighted by Gasteiger charge is 2.45. The molecule has 0 radical (unpaired) electrons. The maximum absolute atomic E-state index is 13.4. The van der Waals surface area contributed by atoms with Crippen LogP contribution in [0, 0.1) is 12.3 Å². The van der Waals surface area contributed by atoms with E-state index < -0.39 is 21.4 Å². The first-order chi connectivity index (χ1) is 16.8. The summed E-state index contributed by atoms with van der Waals surface area (Å²) < 4.78 is 22.1. The number of benzene rings is 1. The average molecular weight is 533 g/mol. The summed E-state index contributed by atoms with van der Waals surface area (Å²) in [6.45, 7) is 8.67. The van der Waals surface area contributed by atoms with E-state index in [1.54, 1.807) is 51.1 Å². The standard InChI is InChI=1S/C26H33ClN4O4S/c1-17-21(27)16-20(22(28-17)31-13-11-26(9-10-26)12-14-31)23(32)29-18-7-6-8-19(15-18)36(5,34)30-24(33)35-25(2,3)4/h6-8,15-16H,9-14H2,1-5H3,(H,29,32)/t36-/m1/s1. The van der Waals surface area contributed by atoms with Crippen LogP contribution in [-0.2, 0) is 14.5 Å². The lowest BCUT2D eigenvalue weighted by molar-refractivity contribution is 0.0607. The Morgan fingerprint density at radius 1 is 1.17 bits per heavy atom. The van der Waals surface area contributed by atoms with Gasteiger partial charge < -0.3 is 15.0 Å². The Kier molecular flexibility index (Phi) is 7.09. The molecular formula is C26H33ClN4O4S. The molecule has 194 valence electrons. The van der Waals surface area contributed by atoms with Crippen molar-refractivity contribution in [2.75, 3.05) is 29.6 Å². The van der Waals surface area contributed by atoms with E-state index in [9.17, 15) is 13.8 Å². The minimum absolute atomic E-state index is 0.303. The molecule has 2 amide bonds. The van der Waals surface area contributed by atoms with Gasteiger partial charge in [0.2, 0.25) is 0 Å². The summed E-state index contributed by atoms with van der Waals surface area (Å²) in [7, 11) is -3.09. The van der Waals surface area contributed by atoms with Crippen molar-refractivity contribution in [2.24, 2.45) is 9.78 Å². The zero-order valence-corrected chi connectivity index (χ0v) is 23.0. The van der Waals surface area contributed by atoms with E-state index in [2.05, 4.69) is 19.6 Å². The van der Waals surface area contributed by atoms with Crippen molar-refractivity contribution in [2.45, 2.75) is 63.9 Å². The third-order valence-corrected chi connectivity index (χ3v) is 8.64. The number of aryl methyl sites for hydroxylation is 1. The number of rotatable bonds is 4. The minimum Gasteiger partial charge on any atom is -0.442 e. The molecule has 2 aromatic rings. The van der Waals surface area contributed by atoms with Crippen LogP contribution in [0.25, 0.3) is 0 Å². The molecule has 1 aliphatic heterocycles. The Hall–Kier alpha value is -2.65. The van der Waals surface area contributed by atoms with Gasteiger partial charge >= 0.3 is 6.09 Å². The Morgan fingerprint density at radius 3 is 2.44 bits per heavy atom. The van der Waals surface area contributed by atoms with Crippen molar-refractivity contribution in [3.05, 3.63) is 46.6 Å². The maximum atomic E-state index is 13.4. The summed E-state index contributed by atoms with van der Waals surface area (Å²) in [5.74, 6) is 0.259. The number of amides is 2. The Labute approximate surface area is 217 Å². The number of hydrogen-bond donors (Lipinski definition) is 1. The lowest BCUT2D eigenvalue weighted by Crippen LogP contribution is -2.36. The highest BCUT2D eigenvalue weighted by molar-refractivity contribution is 7.93. The normalized spacial score (nSPS) is 18.3. The molecule has 0 bridgehead atoms.